The number of anilines is 1. The fourth-order valence-corrected chi connectivity index (χ4v) is 3.06. The van der Waals surface area contributed by atoms with E-state index in [1.807, 2.05) is 30.0 Å². The van der Waals surface area contributed by atoms with Gasteiger partial charge in [-0.25, -0.2) is 4.98 Å². The summed E-state index contributed by atoms with van der Waals surface area (Å²) < 4.78 is 2.19. The Morgan fingerprint density at radius 1 is 1.36 bits per heavy atom. The molecule has 0 saturated heterocycles. The first-order valence-electron chi connectivity index (χ1n) is 7.28. The van der Waals surface area contributed by atoms with E-state index in [0.29, 0.717) is 23.1 Å². The van der Waals surface area contributed by atoms with Gasteiger partial charge in [0.15, 0.2) is 0 Å². The molecule has 0 aliphatic carbocycles. The van der Waals surface area contributed by atoms with Crippen LogP contribution >= 0.6 is 11.6 Å². The van der Waals surface area contributed by atoms with Gasteiger partial charge in [0.2, 0.25) is 0 Å². The Labute approximate surface area is 135 Å². The van der Waals surface area contributed by atoms with Crippen molar-refractivity contribution < 1.29 is 4.79 Å². The van der Waals surface area contributed by atoms with Crippen LogP contribution in [-0.2, 0) is 6.54 Å². The molecule has 2 aromatic heterocycles. The summed E-state index contributed by atoms with van der Waals surface area (Å²) >= 11 is 6.06. The van der Waals surface area contributed by atoms with Crippen molar-refractivity contribution in [1.29, 1.82) is 0 Å². The molecule has 0 aromatic carbocycles. The standard InChI is InChI=1S/C16H19ClN4O/c1-11-13-5-4-6-20(13)7-8-21(11)16(22)12-9-14(17)18-15(10-12)19(2)3/h4-6,9-11H,7-8H2,1-3H3/t11-/m0/s1. The SMILES string of the molecule is C[C@H]1c2cccn2CCN1C(=O)c1cc(Cl)nc(N(C)C)c1. The molecule has 0 unspecified atom stereocenters. The molecule has 2 aromatic rings. The lowest BCUT2D eigenvalue weighted by molar-refractivity contribution is 0.0644. The Morgan fingerprint density at radius 2 is 2.14 bits per heavy atom. The van der Waals surface area contributed by atoms with E-state index in [1.54, 1.807) is 12.1 Å². The summed E-state index contributed by atoms with van der Waals surface area (Å²) in [4.78, 5) is 20.8. The van der Waals surface area contributed by atoms with E-state index in [2.05, 4.69) is 28.7 Å². The Hall–Kier alpha value is -2.01. The average molecular weight is 319 g/mol. The van der Waals surface area contributed by atoms with Crippen molar-refractivity contribution >= 4 is 23.3 Å². The molecule has 0 saturated carbocycles. The molecule has 3 heterocycles. The molecule has 1 aliphatic heterocycles. The lowest BCUT2D eigenvalue weighted by Crippen LogP contribution is -2.40. The van der Waals surface area contributed by atoms with Gasteiger partial charge in [0.1, 0.15) is 11.0 Å². The van der Waals surface area contributed by atoms with Crippen LogP contribution in [0.2, 0.25) is 5.15 Å². The summed E-state index contributed by atoms with van der Waals surface area (Å²) in [5.74, 6) is 0.677. The Bertz CT molecular complexity index is 710. The molecule has 1 amide bonds. The number of hydrogen-bond donors (Lipinski definition) is 0. The number of halogens is 1. The molecule has 3 rings (SSSR count). The van der Waals surface area contributed by atoms with Crippen molar-refractivity contribution in [2.24, 2.45) is 0 Å². The molecule has 0 spiro atoms. The molecule has 5 nitrogen and oxygen atoms in total. The van der Waals surface area contributed by atoms with Crippen LogP contribution in [0.3, 0.4) is 0 Å². The number of fused-ring (bicyclic) bond motifs is 1. The fourth-order valence-electron chi connectivity index (χ4n) is 2.86. The number of pyridine rings is 1. The number of carbonyl (C=O) groups excluding carboxylic acids is 1. The molecular formula is C16H19ClN4O. The largest absolute Gasteiger partial charge is 0.363 e. The molecule has 0 radical (unpaired) electrons. The minimum atomic E-state index is -0.00708. The number of carbonyl (C=O) groups is 1. The third kappa shape index (κ3) is 2.57. The molecule has 0 bridgehead atoms. The summed E-state index contributed by atoms with van der Waals surface area (Å²) in [7, 11) is 3.76. The van der Waals surface area contributed by atoms with Crippen molar-refractivity contribution in [1.82, 2.24) is 14.5 Å². The van der Waals surface area contributed by atoms with Crippen LogP contribution in [0, 0.1) is 0 Å². The van der Waals surface area contributed by atoms with E-state index in [-0.39, 0.29) is 11.9 Å². The first-order valence-corrected chi connectivity index (χ1v) is 7.66. The monoisotopic (exact) mass is 318 g/mol. The van der Waals surface area contributed by atoms with E-state index in [1.165, 1.54) is 0 Å². The third-order valence-electron chi connectivity index (χ3n) is 4.09. The highest BCUT2D eigenvalue weighted by atomic mass is 35.5. The van der Waals surface area contributed by atoms with Crippen molar-refractivity contribution in [2.75, 3.05) is 25.5 Å². The summed E-state index contributed by atoms with van der Waals surface area (Å²) in [6.45, 7) is 3.56. The predicted molar refractivity (Wildman–Crippen MR) is 87.5 cm³/mol. The fraction of sp³-hybridized carbons (Fsp3) is 0.375. The second-order valence-electron chi connectivity index (χ2n) is 5.73. The highest BCUT2D eigenvalue weighted by molar-refractivity contribution is 6.29. The second kappa shape index (κ2) is 5.65. The molecule has 0 N–H and O–H groups in total. The highest BCUT2D eigenvalue weighted by Gasteiger charge is 2.28. The predicted octanol–water partition coefficient (Wildman–Crippen LogP) is 2.82. The maximum absolute atomic E-state index is 12.9. The Balaban J connectivity index is 1.92. The van der Waals surface area contributed by atoms with Crippen LogP contribution in [-0.4, -0.2) is 41.0 Å². The van der Waals surface area contributed by atoms with Crippen LogP contribution in [0.15, 0.2) is 30.5 Å². The quantitative estimate of drug-likeness (QED) is 0.800. The second-order valence-corrected chi connectivity index (χ2v) is 6.12. The summed E-state index contributed by atoms with van der Waals surface area (Å²) in [6, 6.07) is 7.56. The van der Waals surface area contributed by atoms with Gasteiger partial charge >= 0.3 is 0 Å². The molecule has 22 heavy (non-hydrogen) atoms. The van der Waals surface area contributed by atoms with Crippen molar-refractivity contribution in [3.63, 3.8) is 0 Å². The minimum absolute atomic E-state index is 0.00708. The van der Waals surface area contributed by atoms with E-state index >= 15 is 0 Å². The van der Waals surface area contributed by atoms with Crippen LogP contribution < -0.4 is 4.90 Å². The zero-order valence-electron chi connectivity index (χ0n) is 13.0. The average Bonchev–Trinajstić information content (AvgIpc) is 2.95. The lowest BCUT2D eigenvalue weighted by atomic mass is 10.1. The number of amides is 1. The summed E-state index contributed by atoms with van der Waals surface area (Å²) in [5.41, 5.74) is 1.74. The van der Waals surface area contributed by atoms with Gasteiger partial charge in [-0.2, -0.15) is 0 Å². The first kappa shape index (κ1) is 14.9. The third-order valence-corrected chi connectivity index (χ3v) is 4.28. The van der Waals surface area contributed by atoms with Crippen LogP contribution in [0.5, 0.6) is 0 Å². The van der Waals surface area contributed by atoms with E-state index in [9.17, 15) is 4.79 Å². The zero-order chi connectivity index (χ0) is 15.9. The lowest BCUT2D eigenvalue weighted by Gasteiger charge is -2.35. The number of rotatable bonds is 2. The summed E-state index contributed by atoms with van der Waals surface area (Å²) in [6.07, 6.45) is 2.06. The highest BCUT2D eigenvalue weighted by Crippen LogP contribution is 2.28. The van der Waals surface area contributed by atoms with Crippen molar-refractivity contribution in [3.8, 4) is 0 Å². The zero-order valence-corrected chi connectivity index (χ0v) is 13.7. The van der Waals surface area contributed by atoms with Gasteiger partial charge in [-0.1, -0.05) is 11.6 Å². The molecule has 1 aliphatic rings. The molecule has 0 fully saturated rings. The number of nitrogens with zero attached hydrogens (tertiary/aromatic N) is 4. The number of hydrogen-bond acceptors (Lipinski definition) is 3. The topological polar surface area (TPSA) is 41.4 Å². The maximum Gasteiger partial charge on any atom is 0.254 e. The van der Waals surface area contributed by atoms with Crippen LogP contribution in [0.1, 0.15) is 29.0 Å². The van der Waals surface area contributed by atoms with Gasteiger partial charge in [-0.3, -0.25) is 4.79 Å². The van der Waals surface area contributed by atoms with Gasteiger partial charge in [0.25, 0.3) is 5.91 Å². The Morgan fingerprint density at radius 3 is 2.86 bits per heavy atom. The van der Waals surface area contributed by atoms with E-state index in [4.69, 9.17) is 11.6 Å². The van der Waals surface area contributed by atoms with Crippen LogP contribution in [0.4, 0.5) is 5.82 Å². The Kier molecular flexibility index (Phi) is 3.83. The van der Waals surface area contributed by atoms with Gasteiger partial charge in [0.05, 0.1) is 6.04 Å². The van der Waals surface area contributed by atoms with Gasteiger partial charge in [0, 0.05) is 44.6 Å². The summed E-state index contributed by atoms with van der Waals surface area (Å²) in [5, 5.41) is 0.336. The smallest absolute Gasteiger partial charge is 0.254 e. The van der Waals surface area contributed by atoms with Crippen LogP contribution in [0.25, 0.3) is 0 Å². The van der Waals surface area contributed by atoms with E-state index in [0.717, 1.165) is 12.2 Å². The van der Waals surface area contributed by atoms with Crippen molar-refractivity contribution in [2.45, 2.75) is 19.5 Å². The van der Waals surface area contributed by atoms with Crippen molar-refractivity contribution in [3.05, 3.63) is 46.9 Å². The first-order chi connectivity index (χ1) is 10.5. The molecule has 6 heteroatoms. The van der Waals surface area contributed by atoms with E-state index < -0.39 is 0 Å². The van der Waals surface area contributed by atoms with Gasteiger partial charge < -0.3 is 14.4 Å². The molecular weight excluding hydrogens is 300 g/mol. The molecule has 1 atom stereocenters. The minimum Gasteiger partial charge on any atom is -0.363 e. The molecule has 116 valence electrons. The maximum atomic E-state index is 12.9. The number of aromatic nitrogens is 2. The normalized spacial score (nSPS) is 17.3. The van der Waals surface area contributed by atoms with Gasteiger partial charge in [-0.05, 0) is 31.2 Å². The van der Waals surface area contributed by atoms with Gasteiger partial charge in [-0.15, -0.1) is 0 Å².